The molecule has 3 aromatic rings. The van der Waals surface area contributed by atoms with Crippen LogP contribution in [0.4, 0.5) is 5.13 Å². The smallest absolute Gasteiger partial charge is 0.301 e. The molecule has 2 aromatic carbocycles. The van der Waals surface area contributed by atoms with Crippen LogP contribution >= 0.6 is 11.3 Å². The van der Waals surface area contributed by atoms with Crippen molar-refractivity contribution in [1.29, 1.82) is 0 Å². The minimum atomic E-state index is -0.771. The first-order chi connectivity index (χ1) is 14.5. The molecule has 1 aliphatic rings. The van der Waals surface area contributed by atoms with E-state index in [0.717, 1.165) is 11.1 Å². The highest BCUT2D eigenvalue weighted by Gasteiger charge is 2.47. The Kier molecular flexibility index (Phi) is 5.37. The minimum absolute atomic E-state index is 0.0349. The van der Waals surface area contributed by atoms with Gasteiger partial charge in [0.15, 0.2) is 5.13 Å². The second-order valence-electron chi connectivity index (χ2n) is 6.86. The van der Waals surface area contributed by atoms with Gasteiger partial charge in [0.25, 0.3) is 5.78 Å². The number of carbonyl (C=O) groups excluding carboxylic acids is 2. The topological polar surface area (TPSA) is 79.7 Å². The molecule has 152 valence electrons. The zero-order valence-corrected chi connectivity index (χ0v) is 17.3. The molecule has 1 saturated heterocycles. The van der Waals surface area contributed by atoms with Crippen molar-refractivity contribution in [2.45, 2.75) is 19.9 Å². The standard InChI is InChI=1S/C23H20N2O4S/c1-3-29-17-6-4-5-16(13-17)20(26)18-19(15-9-7-14(2)8-10-15)25(22(28)21(18)27)23-24-11-12-30-23/h4-13,19,26H,3H2,1-2H3/b20-18+. The average molecular weight is 420 g/mol. The Morgan fingerprint density at radius 1 is 1.20 bits per heavy atom. The van der Waals surface area contributed by atoms with Crippen molar-refractivity contribution in [3.05, 3.63) is 82.4 Å². The zero-order valence-electron chi connectivity index (χ0n) is 16.5. The maximum Gasteiger partial charge on any atom is 0.301 e. The molecule has 1 amide bonds. The van der Waals surface area contributed by atoms with Gasteiger partial charge in [0, 0.05) is 17.1 Å². The molecule has 2 heterocycles. The zero-order chi connectivity index (χ0) is 21.3. The number of hydrogen-bond acceptors (Lipinski definition) is 6. The molecule has 0 bridgehead atoms. The van der Waals surface area contributed by atoms with Crippen LogP contribution in [0.2, 0.25) is 0 Å². The Balaban J connectivity index is 1.90. The predicted molar refractivity (Wildman–Crippen MR) is 116 cm³/mol. The van der Waals surface area contributed by atoms with E-state index in [9.17, 15) is 14.7 Å². The third-order valence-corrected chi connectivity index (χ3v) is 5.65. The molecule has 1 aromatic heterocycles. The number of rotatable bonds is 5. The largest absolute Gasteiger partial charge is 0.507 e. The fourth-order valence-electron chi connectivity index (χ4n) is 3.48. The van der Waals surface area contributed by atoms with Crippen LogP contribution in [0, 0.1) is 6.92 Å². The molecule has 0 spiro atoms. The highest BCUT2D eigenvalue weighted by atomic mass is 32.1. The number of ketones is 1. The van der Waals surface area contributed by atoms with E-state index in [1.807, 2.05) is 38.1 Å². The lowest BCUT2D eigenvalue weighted by molar-refractivity contribution is -0.132. The number of aryl methyl sites for hydroxylation is 1. The number of thiazole rings is 1. The number of carbonyl (C=O) groups is 2. The molecule has 1 fully saturated rings. The summed E-state index contributed by atoms with van der Waals surface area (Å²) in [5.74, 6) is -1.12. The van der Waals surface area contributed by atoms with E-state index >= 15 is 0 Å². The van der Waals surface area contributed by atoms with Crippen molar-refractivity contribution in [3.8, 4) is 5.75 Å². The van der Waals surface area contributed by atoms with Crippen LogP contribution in [0.3, 0.4) is 0 Å². The number of anilines is 1. The Bertz CT molecular complexity index is 1120. The average Bonchev–Trinajstić information content (AvgIpc) is 3.36. The molecule has 0 saturated carbocycles. The van der Waals surface area contributed by atoms with Gasteiger partial charge in [-0.05, 0) is 31.5 Å². The molecule has 0 aliphatic carbocycles. The van der Waals surface area contributed by atoms with Crippen molar-refractivity contribution in [2.24, 2.45) is 0 Å². The van der Waals surface area contributed by atoms with Crippen molar-refractivity contribution in [3.63, 3.8) is 0 Å². The third kappa shape index (κ3) is 3.48. The van der Waals surface area contributed by atoms with Gasteiger partial charge in [0.2, 0.25) is 0 Å². The van der Waals surface area contributed by atoms with Gasteiger partial charge in [-0.15, -0.1) is 11.3 Å². The summed E-state index contributed by atoms with van der Waals surface area (Å²) in [6.07, 6.45) is 1.58. The molecule has 7 heteroatoms. The first-order valence-electron chi connectivity index (χ1n) is 9.51. The minimum Gasteiger partial charge on any atom is -0.507 e. The lowest BCUT2D eigenvalue weighted by Crippen LogP contribution is -2.29. The van der Waals surface area contributed by atoms with Crippen LogP contribution in [0.5, 0.6) is 5.75 Å². The van der Waals surface area contributed by atoms with Gasteiger partial charge in [-0.2, -0.15) is 0 Å². The fourth-order valence-corrected chi connectivity index (χ4v) is 4.15. The quantitative estimate of drug-likeness (QED) is 0.374. The van der Waals surface area contributed by atoms with Crippen LogP contribution < -0.4 is 9.64 Å². The van der Waals surface area contributed by atoms with Crippen molar-refractivity contribution in [1.82, 2.24) is 4.98 Å². The second kappa shape index (κ2) is 8.12. The Labute approximate surface area is 178 Å². The van der Waals surface area contributed by atoms with Gasteiger partial charge < -0.3 is 9.84 Å². The molecular formula is C23H20N2O4S. The molecule has 1 N–H and O–H groups in total. The summed E-state index contributed by atoms with van der Waals surface area (Å²) in [5.41, 5.74) is 2.22. The highest BCUT2D eigenvalue weighted by molar-refractivity contribution is 7.14. The van der Waals surface area contributed by atoms with Crippen molar-refractivity contribution < 1.29 is 19.4 Å². The van der Waals surface area contributed by atoms with Crippen LogP contribution in [0.25, 0.3) is 5.76 Å². The highest BCUT2D eigenvalue weighted by Crippen LogP contribution is 2.42. The number of aromatic nitrogens is 1. The maximum atomic E-state index is 13.0. The molecule has 30 heavy (non-hydrogen) atoms. The fraction of sp³-hybridized carbons (Fsp3) is 0.174. The summed E-state index contributed by atoms with van der Waals surface area (Å²) in [7, 11) is 0. The van der Waals surface area contributed by atoms with E-state index in [0.29, 0.717) is 23.1 Å². The lowest BCUT2D eigenvalue weighted by Gasteiger charge is -2.23. The van der Waals surface area contributed by atoms with E-state index in [1.165, 1.54) is 16.2 Å². The van der Waals surface area contributed by atoms with Crippen LogP contribution in [0.15, 0.2) is 65.7 Å². The van der Waals surface area contributed by atoms with E-state index < -0.39 is 17.7 Å². The first-order valence-corrected chi connectivity index (χ1v) is 10.4. The summed E-state index contributed by atoms with van der Waals surface area (Å²) in [6.45, 7) is 4.30. The van der Waals surface area contributed by atoms with Gasteiger partial charge in [-0.3, -0.25) is 14.5 Å². The van der Waals surface area contributed by atoms with Crippen molar-refractivity contribution in [2.75, 3.05) is 11.5 Å². The number of nitrogens with zero attached hydrogens (tertiary/aromatic N) is 2. The summed E-state index contributed by atoms with van der Waals surface area (Å²) in [5, 5.41) is 13.3. The number of aliphatic hydroxyl groups is 1. The van der Waals surface area contributed by atoms with Gasteiger partial charge in [0.05, 0.1) is 18.2 Å². The van der Waals surface area contributed by atoms with E-state index in [4.69, 9.17) is 4.74 Å². The Morgan fingerprint density at radius 2 is 1.97 bits per heavy atom. The molecule has 1 unspecified atom stereocenters. The molecular weight excluding hydrogens is 400 g/mol. The normalized spacial score (nSPS) is 18.1. The van der Waals surface area contributed by atoms with Gasteiger partial charge >= 0.3 is 5.91 Å². The van der Waals surface area contributed by atoms with E-state index in [-0.39, 0.29) is 11.3 Å². The molecule has 1 aliphatic heterocycles. The summed E-state index contributed by atoms with van der Waals surface area (Å²) < 4.78 is 5.51. The van der Waals surface area contributed by atoms with Crippen molar-refractivity contribution >= 4 is 33.9 Å². The maximum absolute atomic E-state index is 13.0. The number of amides is 1. The molecule has 0 radical (unpaired) electrons. The Morgan fingerprint density at radius 3 is 2.63 bits per heavy atom. The van der Waals surface area contributed by atoms with Gasteiger partial charge in [0.1, 0.15) is 11.5 Å². The first kappa shape index (κ1) is 19.8. The third-order valence-electron chi connectivity index (χ3n) is 4.88. The number of ether oxygens (including phenoxy) is 1. The molecule has 1 atom stereocenters. The lowest BCUT2D eigenvalue weighted by atomic mass is 9.95. The number of Topliss-reactive ketones (excluding diaryl/α,β-unsaturated/α-hetero) is 1. The van der Waals surface area contributed by atoms with Gasteiger partial charge in [-0.1, -0.05) is 42.0 Å². The SMILES string of the molecule is CCOc1cccc(/C(O)=C2\C(=O)C(=O)N(c3nccs3)C2c2ccc(C)cc2)c1. The number of benzene rings is 2. The number of hydrogen-bond donors (Lipinski definition) is 1. The Hall–Kier alpha value is -3.45. The monoisotopic (exact) mass is 420 g/mol. The summed E-state index contributed by atoms with van der Waals surface area (Å²) >= 11 is 1.26. The summed E-state index contributed by atoms with van der Waals surface area (Å²) in [6, 6.07) is 13.6. The van der Waals surface area contributed by atoms with Gasteiger partial charge in [-0.25, -0.2) is 4.98 Å². The number of aliphatic hydroxyl groups excluding tert-OH is 1. The predicted octanol–water partition coefficient (Wildman–Crippen LogP) is 4.48. The second-order valence-corrected chi connectivity index (χ2v) is 7.73. The molecule has 4 rings (SSSR count). The van der Waals surface area contributed by atoms with E-state index in [1.54, 1.807) is 35.8 Å². The summed E-state index contributed by atoms with van der Waals surface area (Å²) in [4.78, 5) is 31.6. The van der Waals surface area contributed by atoms with Crippen LogP contribution in [0.1, 0.15) is 29.7 Å². The van der Waals surface area contributed by atoms with E-state index in [2.05, 4.69) is 4.98 Å². The molecule has 6 nitrogen and oxygen atoms in total. The van der Waals surface area contributed by atoms with Crippen LogP contribution in [-0.2, 0) is 9.59 Å². The van der Waals surface area contributed by atoms with Crippen LogP contribution in [-0.4, -0.2) is 28.4 Å².